The zero-order chi connectivity index (χ0) is 17.2. The second-order valence-corrected chi connectivity index (χ2v) is 5.71. The maximum Gasteiger partial charge on any atom is 0.273 e. The second kappa shape index (κ2) is 6.28. The average Bonchev–Trinajstić information content (AvgIpc) is 2.88. The van der Waals surface area contributed by atoms with E-state index in [4.69, 9.17) is 0 Å². The molecule has 24 heavy (non-hydrogen) atoms. The van der Waals surface area contributed by atoms with E-state index in [1.54, 1.807) is 54.6 Å². The summed E-state index contributed by atoms with van der Waals surface area (Å²) in [5.74, 6) is -1.53. The minimum atomic E-state index is -1.81. The zero-order valence-electron chi connectivity index (χ0n) is 13.4. The molecule has 0 aliphatic carbocycles. The van der Waals surface area contributed by atoms with Crippen LogP contribution in [-0.4, -0.2) is 17.6 Å². The number of carbonyl (C=O) groups is 3. The fourth-order valence-corrected chi connectivity index (χ4v) is 3.02. The molecule has 1 heterocycles. The third kappa shape index (κ3) is 2.29. The van der Waals surface area contributed by atoms with Crippen molar-refractivity contribution < 1.29 is 14.4 Å². The minimum absolute atomic E-state index is 0.163. The molecule has 1 saturated heterocycles. The summed E-state index contributed by atoms with van der Waals surface area (Å²) in [5.41, 5.74) is 1.69. The van der Waals surface area contributed by atoms with Crippen LogP contribution in [0.2, 0.25) is 0 Å². The Kier molecular flexibility index (Phi) is 4.16. The Balaban J connectivity index is 2.14. The van der Waals surface area contributed by atoms with Crippen molar-refractivity contribution in [1.82, 2.24) is 5.43 Å². The molecule has 0 bridgehead atoms. The molecule has 2 aromatic rings. The van der Waals surface area contributed by atoms with Crippen LogP contribution < -0.4 is 10.4 Å². The highest BCUT2D eigenvalue weighted by molar-refractivity contribution is 6.35. The van der Waals surface area contributed by atoms with Gasteiger partial charge < -0.3 is 0 Å². The fraction of sp³-hybridized carbons (Fsp3) is 0.211. The first-order valence-electron chi connectivity index (χ1n) is 7.92. The maximum absolute atomic E-state index is 13.2. The number of nitrogens with zero attached hydrogens (tertiary/aromatic N) is 1. The van der Waals surface area contributed by atoms with Gasteiger partial charge in [-0.1, -0.05) is 55.5 Å². The zero-order valence-corrected chi connectivity index (χ0v) is 13.4. The third-order valence-electron chi connectivity index (χ3n) is 4.19. The van der Waals surface area contributed by atoms with Gasteiger partial charge in [-0.25, -0.2) is 5.01 Å². The standard InChI is InChI=1S/C19H18N2O3/c1-2-9-16(22)19(14-10-5-3-6-11-14)17(23)20-21(18(19)24)15-12-7-4-8-13-15/h3-8,10-13H,2,9H2,1H3,(H,20,23). The van der Waals surface area contributed by atoms with Gasteiger partial charge in [0.25, 0.3) is 11.8 Å². The van der Waals surface area contributed by atoms with E-state index in [0.29, 0.717) is 17.7 Å². The van der Waals surface area contributed by atoms with Crippen molar-refractivity contribution in [3.63, 3.8) is 0 Å². The average molecular weight is 322 g/mol. The van der Waals surface area contributed by atoms with Crippen LogP contribution in [0.3, 0.4) is 0 Å². The van der Waals surface area contributed by atoms with Gasteiger partial charge in [0.2, 0.25) is 5.41 Å². The molecule has 1 N–H and O–H groups in total. The Labute approximate surface area is 140 Å². The van der Waals surface area contributed by atoms with Crippen molar-refractivity contribution in [1.29, 1.82) is 0 Å². The van der Waals surface area contributed by atoms with Crippen LogP contribution in [0, 0.1) is 0 Å². The lowest BCUT2D eigenvalue weighted by molar-refractivity contribution is -0.139. The van der Waals surface area contributed by atoms with Gasteiger partial charge >= 0.3 is 0 Å². The number of nitrogens with one attached hydrogen (secondary N) is 1. The number of para-hydroxylation sites is 1. The molecule has 1 aliphatic rings. The van der Waals surface area contributed by atoms with Gasteiger partial charge in [0.1, 0.15) is 0 Å². The summed E-state index contributed by atoms with van der Waals surface area (Å²) in [6.07, 6.45) is 0.732. The lowest BCUT2D eigenvalue weighted by Gasteiger charge is -2.23. The number of benzene rings is 2. The van der Waals surface area contributed by atoms with E-state index < -0.39 is 17.2 Å². The number of hydrogen-bond donors (Lipinski definition) is 1. The number of carbonyl (C=O) groups excluding carboxylic acids is 3. The van der Waals surface area contributed by atoms with Crippen LogP contribution in [0.15, 0.2) is 60.7 Å². The van der Waals surface area contributed by atoms with Crippen molar-refractivity contribution >= 4 is 23.3 Å². The van der Waals surface area contributed by atoms with E-state index in [2.05, 4.69) is 5.43 Å². The molecule has 0 spiro atoms. The highest BCUT2D eigenvalue weighted by atomic mass is 16.2. The molecule has 0 radical (unpaired) electrons. The third-order valence-corrected chi connectivity index (χ3v) is 4.19. The maximum atomic E-state index is 13.2. The Bertz CT molecular complexity index is 774. The Morgan fingerprint density at radius 3 is 2.17 bits per heavy atom. The van der Waals surface area contributed by atoms with Crippen molar-refractivity contribution in [2.75, 3.05) is 5.01 Å². The molecule has 122 valence electrons. The van der Waals surface area contributed by atoms with Gasteiger partial charge in [0.05, 0.1) is 5.69 Å². The number of rotatable bonds is 5. The molecule has 1 fully saturated rings. The van der Waals surface area contributed by atoms with Crippen LogP contribution >= 0.6 is 0 Å². The smallest absolute Gasteiger partial charge is 0.273 e. The van der Waals surface area contributed by atoms with Crippen LogP contribution in [0.4, 0.5) is 5.69 Å². The highest BCUT2D eigenvalue weighted by Crippen LogP contribution is 2.35. The SMILES string of the molecule is CCCC(=O)C1(c2ccccc2)C(=O)NN(c2ccccc2)C1=O. The van der Waals surface area contributed by atoms with Crippen molar-refractivity contribution in [3.8, 4) is 0 Å². The summed E-state index contributed by atoms with van der Waals surface area (Å²) >= 11 is 0. The van der Waals surface area contributed by atoms with Gasteiger partial charge in [0.15, 0.2) is 5.78 Å². The molecular weight excluding hydrogens is 304 g/mol. The molecule has 1 aliphatic heterocycles. The Morgan fingerprint density at radius 1 is 1.00 bits per heavy atom. The van der Waals surface area contributed by atoms with Crippen LogP contribution in [0.25, 0.3) is 0 Å². The molecule has 0 saturated carbocycles. The van der Waals surface area contributed by atoms with E-state index in [-0.39, 0.29) is 12.2 Å². The predicted molar refractivity (Wildman–Crippen MR) is 90.1 cm³/mol. The van der Waals surface area contributed by atoms with Crippen LogP contribution in [-0.2, 0) is 19.8 Å². The van der Waals surface area contributed by atoms with E-state index in [1.165, 1.54) is 5.01 Å². The first-order valence-corrected chi connectivity index (χ1v) is 7.92. The molecule has 3 rings (SSSR count). The number of hydrogen-bond acceptors (Lipinski definition) is 3. The Hall–Kier alpha value is -2.95. The molecule has 0 aromatic heterocycles. The molecule has 1 unspecified atom stereocenters. The number of Topliss-reactive ketones (excluding diaryl/α,β-unsaturated/α-hetero) is 1. The quantitative estimate of drug-likeness (QED) is 0.860. The molecule has 1 atom stereocenters. The van der Waals surface area contributed by atoms with Crippen molar-refractivity contribution in [3.05, 3.63) is 66.2 Å². The molecule has 5 nitrogen and oxygen atoms in total. The number of anilines is 1. The molecule has 5 heteroatoms. The Morgan fingerprint density at radius 2 is 1.58 bits per heavy atom. The van der Waals surface area contributed by atoms with Crippen molar-refractivity contribution in [2.45, 2.75) is 25.2 Å². The van der Waals surface area contributed by atoms with E-state index >= 15 is 0 Å². The van der Waals surface area contributed by atoms with Gasteiger partial charge in [0, 0.05) is 6.42 Å². The largest absolute Gasteiger partial charge is 0.298 e. The normalized spacial score (nSPS) is 20.1. The highest BCUT2D eigenvalue weighted by Gasteiger charge is 2.60. The number of ketones is 1. The summed E-state index contributed by atoms with van der Waals surface area (Å²) < 4.78 is 0. The lowest BCUT2D eigenvalue weighted by atomic mass is 9.74. The summed E-state index contributed by atoms with van der Waals surface area (Å²) in [6, 6.07) is 17.3. The van der Waals surface area contributed by atoms with E-state index in [9.17, 15) is 14.4 Å². The predicted octanol–water partition coefficient (Wildman–Crippen LogP) is 2.37. The van der Waals surface area contributed by atoms with Gasteiger partial charge in [-0.05, 0) is 24.1 Å². The summed E-state index contributed by atoms with van der Waals surface area (Å²) in [4.78, 5) is 38.8. The minimum Gasteiger partial charge on any atom is -0.298 e. The van der Waals surface area contributed by atoms with E-state index in [1.807, 2.05) is 13.0 Å². The summed E-state index contributed by atoms with van der Waals surface area (Å²) in [6.45, 7) is 1.85. The fourth-order valence-electron chi connectivity index (χ4n) is 3.02. The topological polar surface area (TPSA) is 66.5 Å². The van der Waals surface area contributed by atoms with E-state index in [0.717, 1.165) is 0 Å². The number of hydrazine groups is 1. The summed E-state index contributed by atoms with van der Waals surface area (Å²) in [7, 11) is 0. The molecule has 2 aromatic carbocycles. The van der Waals surface area contributed by atoms with Crippen LogP contribution in [0.5, 0.6) is 0 Å². The van der Waals surface area contributed by atoms with Gasteiger partial charge in [-0.2, -0.15) is 0 Å². The van der Waals surface area contributed by atoms with Crippen molar-refractivity contribution in [2.24, 2.45) is 0 Å². The lowest BCUT2D eigenvalue weighted by Crippen LogP contribution is -2.48. The van der Waals surface area contributed by atoms with Gasteiger partial charge in [-0.3, -0.25) is 19.8 Å². The van der Waals surface area contributed by atoms with Crippen LogP contribution in [0.1, 0.15) is 25.3 Å². The number of amides is 2. The summed E-state index contributed by atoms with van der Waals surface area (Å²) in [5, 5.41) is 1.17. The molecular formula is C19H18N2O3. The second-order valence-electron chi connectivity index (χ2n) is 5.71. The first kappa shape index (κ1) is 15.9. The van der Waals surface area contributed by atoms with Gasteiger partial charge in [-0.15, -0.1) is 0 Å². The monoisotopic (exact) mass is 322 g/mol. The first-order chi connectivity index (χ1) is 11.6. The molecule has 2 amide bonds.